The molecule has 0 saturated carbocycles. The number of nitrogens with one attached hydrogen (secondary N) is 1. The summed E-state index contributed by atoms with van der Waals surface area (Å²) >= 11 is 0. The Morgan fingerprint density at radius 2 is 1.80 bits per heavy atom. The smallest absolute Gasteiger partial charge is 0.293 e. The summed E-state index contributed by atoms with van der Waals surface area (Å²) in [5, 5.41) is 11.8. The van der Waals surface area contributed by atoms with Gasteiger partial charge in [0.25, 0.3) is 5.91 Å². The van der Waals surface area contributed by atoms with Gasteiger partial charge in [-0.25, -0.2) is 0 Å². The van der Waals surface area contributed by atoms with Crippen LogP contribution in [0.3, 0.4) is 0 Å². The fourth-order valence-electron chi connectivity index (χ4n) is 2.58. The summed E-state index contributed by atoms with van der Waals surface area (Å²) in [6, 6.07) is 22.6. The van der Waals surface area contributed by atoms with Crippen LogP contribution in [0, 0.1) is 11.3 Å². The lowest BCUT2D eigenvalue weighted by molar-refractivity contribution is -0.705. The molecule has 0 aliphatic heterocycles. The summed E-state index contributed by atoms with van der Waals surface area (Å²) in [6.45, 7) is 1.85. The second kappa shape index (κ2) is 7.41. The number of aromatic nitrogens is 1. The molecule has 4 heteroatoms. The molecule has 0 saturated heterocycles. The highest BCUT2D eigenvalue weighted by atomic mass is 16.2. The van der Waals surface area contributed by atoms with Crippen LogP contribution in [0.2, 0.25) is 0 Å². The number of hydrogen-bond donors (Lipinski definition) is 1. The van der Waals surface area contributed by atoms with Crippen LogP contribution in [0.1, 0.15) is 18.5 Å². The topological polar surface area (TPSA) is 56.8 Å². The molecule has 0 aliphatic carbocycles. The number of hydrogen-bond acceptors (Lipinski definition) is 2. The monoisotopic (exact) mass is 328 g/mol. The second-order valence-corrected chi connectivity index (χ2v) is 5.76. The van der Waals surface area contributed by atoms with Gasteiger partial charge in [0.05, 0.1) is 11.6 Å². The zero-order valence-corrected chi connectivity index (χ0v) is 13.9. The lowest BCUT2D eigenvalue weighted by Gasteiger charge is -2.10. The summed E-state index contributed by atoms with van der Waals surface area (Å²) in [5.74, 6) is -0.134. The van der Waals surface area contributed by atoms with Crippen molar-refractivity contribution in [3.63, 3.8) is 0 Å². The molecule has 1 atom stereocenters. The minimum Gasteiger partial charge on any atom is -0.320 e. The van der Waals surface area contributed by atoms with Crippen LogP contribution in [0.25, 0.3) is 11.1 Å². The van der Waals surface area contributed by atoms with E-state index in [2.05, 4.69) is 11.4 Å². The predicted molar refractivity (Wildman–Crippen MR) is 96.6 cm³/mol. The molecule has 0 bridgehead atoms. The number of nitrogens with zero attached hydrogens (tertiary/aromatic N) is 2. The van der Waals surface area contributed by atoms with Crippen molar-refractivity contribution < 1.29 is 9.36 Å². The van der Waals surface area contributed by atoms with Gasteiger partial charge in [-0.05, 0) is 29.8 Å². The number of nitriles is 1. The first-order chi connectivity index (χ1) is 12.2. The predicted octanol–water partition coefficient (Wildman–Crippen LogP) is 3.71. The third-order valence-corrected chi connectivity index (χ3v) is 4.02. The molecule has 2 aromatic carbocycles. The molecule has 4 nitrogen and oxygen atoms in total. The van der Waals surface area contributed by atoms with Gasteiger partial charge in [0.1, 0.15) is 0 Å². The molecule has 0 spiro atoms. The van der Waals surface area contributed by atoms with Crippen molar-refractivity contribution in [1.29, 1.82) is 5.26 Å². The van der Waals surface area contributed by atoms with E-state index in [4.69, 9.17) is 5.26 Å². The van der Waals surface area contributed by atoms with E-state index in [0.717, 1.165) is 11.1 Å². The van der Waals surface area contributed by atoms with Crippen molar-refractivity contribution in [1.82, 2.24) is 0 Å². The van der Waals surface area contributed by atoms with Crippen molar-refractivity contribution in [2.24, 2.45) is 0 Å². The maximum absolute atomic E-state index is 12.5. The first-order valence-corrected chi connectivity index (χ1v) is 8.04. The molecule has 1 N–H and O–H groups in total. The number of carbonyl (C=O) groups is 1. The van der Waals surface area contributed by atoms with Crippen molar-refractivity contribution in [2.45, 2.75) is 13.0 Å². The Balaban J connectivity index is 1.79. The van der Waals surface area contributed by atoms with E-state index in [1.54, 1.807) is 24.3 Å². The Labute approximate surface area is 147 Å². The zero-order valence-electron chi connectivity index (χ0n) is 13.9. The maximum atomic E-state index is 12.5. The van der Waals surface area contributed by atoms with Crippen LogP contribution in [-0.2, 0) is 4.79 Å². The highest BCUT2D eigenvalue weighted by molar-refractivity contribution is 5.92. The summed E-state index contributed by atoms with van der Waals surface area (Å²) in [6.07, 6.45) is 3.84. The Morgan fingerprint density at radius 1 is 1.04 bits per heavy atom. The molecule has 3 aromatic rings. The molecule has 0 fully saturated rings. The van der Waals surface area contributed by atoms with Gasteiger partial charge in [-0.3, -0.25) is 4.79 Å². The van der Waals surface area contributed by atoms with E-state index in [1.165, 1.54) is 0 Å². The zero-order chi connectivity index (χ0) is 17.6. The van der Waals surface area contributed by atoms with E-state index < -0.39 is 0 Å². The molecule has 1 heterocycles. The Hall–Kier alpha value is -3.45. The van der Waals surface area contributed by atoms with E-state index in [1.807, 2.05) is 66.3 Å². The van der Waals surface area contributed by atoms with Gasteiger partial charge >= 0.3 is 0 Å². The van der Waals surface area contributed by atoms with Crippen LogP contribution >= 0.6 is 0 Å². The molecule has 1 amide bonds. The number of benzene rings is 2. The first-order valence-electron chi connectivity index (χ1n) is 8.04. The van der Waals surface area contributed by atoms with Crippen LogP contribution < -0.4 is 9.88 Å². The second-order valence-electron chi connectivity index (χ2n) is 5.76. The largest absolute Gasteiger partial charge is 0.320 e. The summed E-state index contributed by atoms with van der Waals surface area (Å²) in [4.78, 5) is 12.5. The number of amides is 1. The molecule has 0 aliphatic rings. The first kappa shape index (κ1) is 16.4. The van der Waals surface area contributed by atoms with Crippen LogP contribution in [0.15, 0.2) is 79.1 Å². The van der Waals surface area contributed by atoms with Crippen molar-refractivity contribution in [2.75, 3.05) is 5.32 Å². The van der Waals surface area contributed by atoms with E-state index in [9.17, 15) is 4.79 Å². The Kier molecular flexibility index (Phi) is 4.87. The molecule has 0 unspecified atom stereocenters. The van der Waals surface area contributed by atoms with Crippen LogP contribution in [0.4, 0.5) is 5.69 Å². The average Bonchev–Trinajstić information content (AvgIpc) is 2.68. The lowest BCUT2D eigenvalue weighted by atomic mass is 10.1. The molecule has 122 valence electrons. The summed E-state index contributed by atoms with van der Waals surface area (Å²) < 4.78 is 1.88. The summed E-state index contributed by atoms with van der Waals surface area (Å²) in [5.41, 5.74) is 3.29. The normalized spacial score (nSPS) is 11.4. The fraction of sp³-hybridized carbons (Fsp3) is 0.0952. The van der Waals surface area contributed by atoms with Gasteiger partial charge in [-0.15, -0.1) is 0 Å². The van der Waals surface area contributed by atoms with Gasteiger partial charge in [-0.1, -0.05) is 36.4 Å². The molecule has 3 rings (SSSR count). The number of anilines is 1. The van der Waals surface area contributed by atoms with Crippen molar-refractivity contribution in [3.05, 3.63) is 84.7 Å². The molecule has 0 radical (unpaired) electrons. The molecular formula is C21H18N3O+. The molecular weight excluding hydrogens is 310 g/mol. The average molecular weight is 328 g/mol. The minimum atomic E-state index is -0.380. The van der Waals surface area contributed by atoms with Gasteiger partial charge < -0.3 is 5.32 Å². The third-order valence-electron chi connectivity index (χ3n) is 4.02. The molecule has 25 heavy (non-hydrogen) atoms. The van der Waals surface area contributed by atoms with E-state index in [0.29, 0.717) is 11.3 Å². The standard InChI is InChI=1S/C21H17N3O/c1-16(21(25)23-20-11-5-7-17(13-20)14-22)24-12-6-10-19(15-24)18-8-3-2-4-9-18/h2-13,15-16H,1H3/p+1/t16-/m1/s1. The number of rotatable bonds is 4. The van der Waals surface area contributed by atoms with Gasteiger partial charge in [0.2, 0.25) is 6.04 Å². The van der Waals surface area contributed by atoms with Crippen LogP contribution in [-0.4, -0.2) is 5.91 Å². The summed E-state index contributed by atoms with van der Waals surface area (Å²) in [7, 11) is 0. The maximum Gasteiger partial charge on any atom is 0.293 e. The number of carbonyl (C=O) groups excluding carboxylic acids is 1. The van der Waals surface area contributed by atoms with Crippen LogP contribution in [0.5, 0.6) is 0 Å². The SMILES string of the molecule is C[C@H](C(=O)Nc1cccc(C#N)c1)[n+]1cccc(-c2ccccc2)c1. The van der Waals surface area contributed by atoms with E-state index >= 15 is 0 Å². The highest BCUT2D eigenvalue weighted by Gasteiger charge is 2.22. The third kappa shape index (κ3) is 3.91. The minimum absolute atomic E-state index is 0.134. The van der Waals surface area contributed by atoms with Crippen molar-refractivity contribution in [3.8, 4) is 17.2 Å². The Morgan fingerprint density at radius 3 is 2.56 bits per heavy atom. The van der Waals surface area contributed by atoms with Gasteiger partial charge in [0.15, 0.2) is 12.4 Å². The fourth-order valence-corrected chi connectivity index (χ4v) is 2.58. The highest BCUT2D eigenvalue weighted by Crippen LogP contribution is 2.17. The van der Waals surface area contributed by atoms with Gasteiger partial charge in [-0.2, -0.15) is 9.83 Å². The quantitative estimate of drug-likeness (QED) is 0.742. The Bertz CT molecular complexity index is 929. The van der Waals surface area contributed by atoms with Crippen molar-refractivity contribution >= 4 is 11.6 Å². The van der Waals surface area contributed by atoms with Gasteiger partial charge in [0, 0.05) is 24.2 Å². The van der Waals surface area contributed by atoms with E-state index in [-0.39, 0.29) is 11.9 Å². The lowest BCUT2D eigenvalue weighted by Crippen LogP contribution is -2.44. The molecule has 1 aromatic heterocycles. The number of pyridine rings is 1.